The number of anilines is 1. The maximum Gasteiger partial charge on any atom is 0.490 e. The van der Waals surface area contributed by atoms with Crippen molar-refractivity contribution in [3.63, 3.8) is 0 Å². The zero-order valence-corrected chi connectivity index (χ0v) is 23.5. The van der Waals surface area contributed by atoms with E-state index in [2.05, 4.69) is 45.8 Å². The van der Waals surface area contributed by atoms with Crippen molar-refractivity contribution in [2.45, 2.75) is 43.3 Å². The minimum atomic E-state index is -5.08. The van der Waals surface area contributed by atoms with Crippen LogP contribution < -0.4 is 4.72 Å². The topological polar surface area (TPSA) is 99.6 Å². The minimum absolute atomic E-state index is 0.0125. The molecule has 2 atom stereocenters. The second-order valence-corrected chi connectivity index (χ2v) is 12.8. The van der Waals surface area contributed by atoms with Gasteiger partial charge < -0.3 is 5.11 Å². The largest absolute Gasteiger partial charge is 0.490 e. The third-order valence-corrected chi connectivity index (χ3v) is 9.55. The number of carbonyl (C=O) groups is 1. The predicted octanol–water partition coefficient (Wildman–Crippen LogP) is 6.39. The van der Waals surface area contributed by atoms with Gasteiger partial charge in [-0.05, 0) is 53.4 Å². The molecule has 0 radical (unpaired) electrons. The van der Waals surface area contributed by atoms with E-state index in [1.807, 2.05) is 6.07 Å². The molecule has 2 N–H and O–H groups in total. The summed E-state index contributed by atoms with van der Waals surface area (Å²) in [5, 5.41) is 8.95. The zero-order chi connectivity index (χ0) is 29.3. The summed E-state index contributed by atoms with van der Waals surface area (Å²) < 4.78 is 74.5. The Morgan fingerprint density at radius 2 is 1.93 bits per heavy atom. The zero-order valence-electron chi connectivity index (χ0n) is 21.2. The summed E-state index contributed by atoms with van der Waals surface area (Å²) in [6.07, 6.45) is -2.76. The van der Waals surface area contributed by atoms with Crippen LogP contribution in [0.1, 0.15) is 36.8 Å². The van der Waals surface area contributed by atoms with Gasteiger partial charge in [0.25, 0.3) is 10.0 Å². The number of sulfonamides is 1. The smallest absolute Gasteiger partial charge is 0.475 e. The highest BCUT2D eigenvalue weighted by molar-refractivity contribution is 7.92. The second kappa shape index (κ2) is 11.6. The molecule has 1 aliphatic carbocycles. The van der Waals surface area contributed by atoms with Crippen molar-refractivity contribution >= 4 is 44.7 Å². The molecule has 2 fully saturated rings. The van der Waals surface area contributed by atoms with Gasteiger partial charge in [-0.25, -0.2) is 22.6 Å². The highest BCUT2D eigenvalue weighted by Gasteiger charge is 2.56. The quantitative estimate of drug-likeness (QED) is 0.298. The molecular formula is C26H26ClF4N3O4S2. The Hall–Kier alpha value is -2.74. The van der Waals surface area contributed by atoms with Crippen LogP contribution in [-0.2, 0) is 21.4 Å². The average Bonchev–Trinajstić information content (AvgIpc) is 3.29. The first kappa shape index (κ1) is 30.2. The van der Waals surface area contributed by atoms with Crippen molar-refractivity contribution in [1.82, 2.24) is 9.88 Å². The fourth-order valence-corrected chi connectivity index (χ4v) is 7.25. The Kier molecular flexibility index (Phi) is 8.79. The number of carboxylic acids is 1. The Bertz CT molecular complexity index is 1450. The second-order valence-electron chi connectivity index (χ2n) is 10.00. The van der Waals surface area contributed by atoms with Crippen LogP contribution in [0.2, 0.25) is 5.02 Å². The van der Waals surface area contributed by atoms with Gasteiger partial charge in [-0.2, -0.15) is 13.2 Å². The summed E-state index contributed by atoms with van der Waals surface area (Å²) in [4.78, 5) is 14.8. The van der Waals surface area contributed by atoms with Gasteiger partial charge in [-0.3, -0.25) is 9.62 Å². The third-order valence-electron chi connectivity index (χ3n) is 7.27. The van der Waals surface area contributed by atoms with Gasteiger partial charge in [0.15, 0.2) is 5.82 Å². The number of rotatable bonds is 7. The number of benzene rings is 2. The summed E-state index contributed by atoms with van der Waals surface area (Å²) in [5.41, 5.74) is 3.69. The molecule has 1 spiro atoms. The number of halogens is 5. The molecule has 2 aliphatic rings. The molecule has 14 heteroatoms. The molecule has 7 nitrogen and oxygen atoms in total. The highest BCUT2D eigenvalue weighted by atomic mass is 35.5. The molecule has 3 aromatic rings. The van der Waals surface area contributed by atoms with Gasteiger partial charge in [-0.15, -0.1) is 11.3 Å². The van der Waals surface area contributed by atoms with Gasteiger partial charge in [0.1, 0.15) is 10.7 Å². The van der Waals surface area contributed by atoms with Crippen molar-refractivity contribution < 1.29 is 35.9 Å². The monoisotopic (exact) mass is 619 g/mol. The van der Waals surface area contributed by atoms with E-state index in [1.54, 1.807) is 5.38 Å². The summed E-state index contributed by atoms with van der Waals surface area (Å²) in [6.45, 7) is 4.92. The van der Waals surface area contributed by atoms with Gasteiger partial charge in [0.2, 0.25) is 0 Å². The van der Waals surface area contributed by atoms with E-state index in [0.717, 1.165) is 32.5 Å². The molecular weight excluding hydrogens is 594 g/mol. The van der Waals surface area contributed by atoms with E-state index in [9.17, 15) is 21.6 Å². The van der Waals surface area contributed by atoms with Crippen LogP contribution in [0.4, 0.5) is 23.4 Å². The van der Waals surface area contributed by atoms with Crippen LogP contribution in [-0.4, -0.2) is 48.6 Å². The van der Waals surface area contributed by atoms with E-state index < -0.39 is 32.9 Å². The van der Waals surface area contributed by atoms with Gasteiger partial charge in [0, 0.05) is 30.0 Å². The fraction of sp³-hybridized carbons (Fsp3) is 0.385. The van der Waals surface area contributed by atoms with Crippen molar-refractivity contribution in [3.05, 3.63) is 75.3 Å². The molecule has 0 bridgehead atoms. The van der Waals surface area contributed by atoms with Crippen molar-refractivity contribution in [2.75, 3.05) is 17.8 Å². The molecule has 1 saturated carbocycles. The van der Waals surface area contributed by atoms with Crippen LogP contribution >= 0.6 is 22.9 Å². The molecule has 1 unspecified atom stereocenters. The lowest BCUT2D eigenvalue weighted by atomic mass is 9.79. The number of carboxylic acid groups (broad SMARTS) is 1. The molecule has 5 rings (SSSR count). The van der Waals surface area contributed by atoms with E-state index >= 15 is 4.39 Å². The van der Waals surface area contributed by atoms with Crippen LogP contribution in [0, 0.1) is 17.2 Å². The highest BCUT2D eigenvalue weighted by Crippen LogP contribution is 2.60. The van der Waals surface area contributed by atoms with Crippen molar-refractivity contribution in [2.24, 2.45) is 11.3 Å². The van der Waals surface area contributed by atoms with E-state index in [4.69, 9.17) is 21.5 Å². The molecule has 2 aromatic carbocycles. The normalized spacial score (nSPS) is 19.1. The number of alkyl halides is 3. The summed E-state index contributed by atoms with van der Waals surface area (Å²) in [6, 6.07) is 12.9. The van der Waals surface area contributed by atoms with Crippen LogP contribution in [0.5, 0.6) is 0 Å². The Balaban J connectivity index is 0.000000470. The standard InChI is InChI=1S/C24H25ClFN3O2S2.C2HF3O2/c1-16(19-12-29(14-24(19)7-8-24)11-17-5-3-2-4-6-17)18-9-21(26)22(10-20(18)25)33(30,31)28-23-13-32-15-27-23;3-2(4,5)1(6)7/h2-6,9-10,13,15-16,19,28H,7-8,11-12,14H2,1H3;(H,6,7)/t16?,19-;/m0./s1. The van der Waals surface area contributed by atoms with Crippen LogP contribution in [0.3, 0.4) is 0 Å². The first-order valence-electron chi connectivity index (χ1n) is 12.2. The maximum absolute atomic E-state index is 15.1. The molecule has 1 saturated heterocycles. The van der Waals surface area contributed by atoms with E-state index in [-0.39, 0.29) is 22.2 Å². The summed E-state index contributed by atoms with van der Waals surface area (Å²) in [7, 11) is -4.13. The summed E-state index contributed by atoms with van der Waals surface area (Å²) in [5.74, 6) is -3.04. The fourth-order valence-electron chi connectivity index (χ4n) is 5.21. The molecule has 40 heavy (non-hydrogen) atoms. The maximum atomic E-state index is 15.1. The van der Waals surface area contributed by atoms with Crippen LogP contribution in [0.25, 0.3) is 0 Å². The number of aromatic nitrogens is 1. The Labute approximate surface area is 237 Å². The van der Waals surface area contributed by atoms with Gasteiger partial charge in [0.05, 0.1) is 5.51 Å². The van der Waals surface area contributed by atoms with E-state index in [0.29, 0.717) is 11.5 Å². The minimum Gasteiger partial charge on any atom is -0.475 e. The Morgan fingerprint density at radius 3 is 2.48 bits per heavy atom. The lowest BCUT2D eigenvalue weighted by Crippen LogP contribution is -2.22. The first-order chi connectivity index (χ1) is 18.7. The molecule has 1 aliphatic heterocycles. The molecule has 216 valence electrons. The summed E-state index contributed by atoms with van der Waals surface area (Å²) >= 11 is 7.80. The van der Waals surface area contributed by atoms with Crippen LogP contribution in [0.15, 0.2) is 58.3 Å². The number of likely N-dealkylation sites (tertiary alicyclic amines) is 1. The van der Waals surface area contributed by atoms with Gasteiger partial charge >= 0.3 is 12.1 Å². The van der Waals surface area contributed by atoms with Crippen molar-refractivity contribution in [3.8, 4) is 0 Å². The number of aliphatic carboxylic acids is 1. The number of hydrogen-bond acceptors (Lipinski definition) is 6. The molecule has 0 amide bonds. The molecule has 1 aromatic heterocycles. The number of hydrogen-bond donors (Lipinski definition) is 2. The third kappa shape index (κ3) is 6.93. The first-order valence-corrected chi connectivity index (χ1v) is 15.0. The van der Waals surface area contributed by atoms with Gasteiger partial charge in [-0.1, -0.05) is 48.9 Å². The lowest BCUT2D eigenvalue weighted by Gasteiger charge is -2.26. The lowest BCUT2D eigenvalue weighted by molar-refractivity contribution is -0.192. The van der Waals surface area contributed by atoms with E-state index in [1.165, 1.54) is 34.5 Å². The number of nitrogens with zero attached hydrogens (tertiary/aromatic N) is 2. The Morgan fingerprint density at radius 1 is 1.27 bits per heavy atom. The SMILES string of the molecule is CC(c1cc(F)c(S(=O)(=O)Nc2cscn2)cc1Cl)[C@@H]1CN(Cc2ccccc2)CC12CC2.O=C(O)C(F)(F)F. The van der Waals surface area contributed by atoms with Crippen molar-refractivity contribution in [1.29, 1.82) is 0 Å². The number of nitrogens with one attached hydrogen (secondary N) is 1. The number of thiazole rings is 1. The molecule has 2 heterocycles. The average molecular weight is 620 g/mol. The predicted molar refractivity (Wildman–Crippen MR) is 143 cm³/mol.